The van der Waals surface area contributed by atoms with E-state index >= 15 is 0 Å². The van der Waals surface area contributed by atoms with Gasteiger partial charge in [-0.1, -0.05) is 80.0 Å². The Morgan fingerprint density at radius 3 is 2.34 bits per heavy atom. The first kappa shape index (κ1) is 28.6. The minimum atomic E-state index is -0.642. The average molecular weight is 559 g/mol. The molecule has 0 radical (unpaired) electrons. The number of hydrogen-bond acceptors (Lipinski definition) is 5. The van der Waals surface area contributed by atoms with Crippen molar-refractivity contribution in [2.75, 3.05) is 11.9 Å². The van der Waals surface area contributed by atoms with E-state index in [0.29, 0.717) is 39.5 Å². The maximum Gasteiger partial charge on any atom is 0.442 e. The van der Waals surface area contributed by atoms with Gasteiger partial charge in [0.15, 0.2) is 0 Å². The highest BCUT2D eigenvalue weighted by atomic mass is 35.5. The molecular formula is C24H23Cl4N3O4. The second-order valence-electron chi connectivity index (χ2n) is 8.09. The molecule has 7 nitrogen and oxygen atoms in total. The Morgan fingerprint density at radius 1 is 1.11 bits per heavy atom. The lowest BCUT2D eigenvalue weighted by Crippen LogP contribution is -2.15. The first-order valence-electron chi connectivity index (χ1n) is 10.3. The van der Waals surface area contributed by atoms with Gasteiger partial charge in [0.25, 0.3) is 0 Å². The molecule has 0 aliphatic rings. The van der Waals surface area contributed by atoms with Crippen molar-refractivity contribution in [3.8, 4) is 23.8 Å². The third kappa shape index (κ3) is 7.94. The van der Waals surface area contributed by atoms with Crippen molar-refractivity contribution in [3.63, 3.8) is 0 Å². The summed E-state index contributed by atoms with van der Waals surface area (Å²) in [6, 6.07) is 7.94. The monoisotopic (exact) mass is 557 g/mol. The number of rotatable bonds is 5. The molecule has 0 aliphatic carbocycles. The number of halogens is 4. The maximum atomic E-state index is 12.0. The van der Waals surface area contributed by atoms with Gasteiger partial charge in [-0.2, -0.15) is 4.68 Å². The van der Waals surface area contributed by atoms with Crippen LogP contribution in [0.1, 0.15) is 40.0 Å². The smallest absolute Gasteiger partial charge is 0.442 e. The van der Waals surface area contributed by atoms with Gasteiger partial charge < -0.3 is 14.5 Å². The van der Waals surface area contributed by atoms with Crippen molar-refractivity contribution in [1.29, 1.82) is 0 Å². The normalized spacial score (nSPS) is 10.7. The molecule has 0 saturated heterocycles. The number of anilines is 1. The van der Waals surface area contributed by atoms with Gasteiger partial charge in [-0.15, -0.1) is 11.5 Å². The van der Waals surface area contributed by atoms with E-state index in [-0.39, 0.29) is 22.6 Å². The number of carbonyl (C=O) groups is 1. The van der Waals surface area contributed by atoms with Gasteiger partial charge in [-0.05, 0) is 24.3 Å². The van der Waals surface area contributed by atoms with E-state index < -0.39 is 11.2 Å². The average Bonchev–Trinajstić information content (AvgIpc) is 3.18. The van der Waals surface area contributed by atoms with E-state index in [2.05, 4.69) is 16.3 Å². The number of terminal acetylenes is 1. The number of nitrogens with one attached hydrogen (secondary N) is 1. The van der Waals surface area contributed by atoms with E-state index in [0.717, 1.165) is 4.68 Å². The minimum Gasteiger partial charge on any atom is -0.479 e. The Labute approximate surface area is 223 Å². The molecule has 0 fully saturated rings. The molecule has 0 bridgehead atoms. The second-order valence-corrected chi connectivity index (χ2v) is 9.72. The zero-order valence-electron chi connectivity index (χ0n) is 19.4. The molecule has 1 amide bonds. The van der Waals surface area contributed by atoms with Crippen molar-refractivity contribution in [2.24, 2.45) is 0 Å². The molecule has 0 unspecified atom stereocenters. The van der Waals surface area contributed by atoms with Crippen LogP contribution >= 0.6 is 46.4 Å². The zero-order chi connectivity index (χ0) is 26.3. The van der Waals surface area contributed by atoms with Gasteiger partial charge in [0, 0.05) is 23.6 Å². The Bertz CT molecular complexity index is 1300. The fraction of sp³-hybridized carbons (Fsp3) is 0.292. The molecule has 35 heavy (non-hydrogen) atoms. The summed E-state index contributed by atoms with van der Waals surface area (Å²) in [5, 5.41) is 8.31. The van der Waals surface area contributed by atoms with Crippen molar-refractivity contribution in [1.82, 2.24) is 9.78 Å². The molecule has 186 valence electrons. The fourth-order valence-electron chi connectivity index (χ4n) is 2.47. The summed E-state index contributed by atoms with van der Waals surface area (Å²) >= 11 is 23.6. The standard InChI is InChI=1S/C15H14Cl2N2O3.C9H9Cl2NO/c1-5-6-21-12-8-11(9(16)7-10(12)17)19-14(20)22-13(18-19)15(2,3)4;1-2-9(13)12-6-3-4-7(10)8(11)5-6/h1,7-8H,6H2,2-4H3;3-5H,2H2,1H3,(H,12,13). The molecule has 3 rings (SSSR count). The van der Waals surface area contributed by atoms with Gasteiger partial charge in [-0.25, -0.2) is 4.79 Å². The molecule has 0 aliphatic heterocycles. The lowest BCUT2D eigenvalue weighted by atomic mass is 9.97. The van der Waals surface area contributed by atoms with Crippen LogP contribution < -0.4 is 15.8 Å². The predicted molar refractivity (Wildman–Crippen MR) is 141 cm³/mol. The molecule has 1 heterocycles. The summed E-state index contributed by atoms with van der Waals surface area (Å²) in [5.41, 5.74) is 0.565. The molecule has 1 aromatic heterocycles. The van der Waals surface area contributed by atoms with E-state index in [1.807, 2.05) is 20.8 Å². The van der Waals surface area contributed by atoms with Gasteiger partial charge in [0.05, 0.1) is 25.8 Å². The molecule has 3 aromatic rings. The van der Waals surface area contributed by atoms with Gasteiger partial charge in [0.1, 0.15) is 12.4 Å². The summed E-state index contributed by atoms with van der Waals surface area (Å²) in [5.74, 6) is 2.26. The highest BCUT2D eigenvalue weighted by molar-refractivity contribution is 6.42. The molecule has 2 aromatic carbocycles. The Hall–Kier alpha value is -2.63. The third-order valence-corrected chi connectivity index (χ3v) is 5.59. The SMILES string of the molecule is C#CCOc1cc(-n2nc(C(C)(C)C)oc2=O)c(Cl)cc1Cl.CCC(=O)Nc1ccc(Cl)c(Cl)c1. The Morgan fingerprint density at radius 2 is 1.80 bits per heavy atom. The number of nitrogens with zero attached hydrogens (tertiary/aromatic N) is 2. The van der Waals surface area contributed by atoms with Crippen LogP contribution in [0.15, 0.2) is 39.5 Å². The lowest BCUT2D eigenvalue weighted by Gasteiger charge is -2.11. The first-order chi connectivity index (χ1) is 16.4. The van der Waals surface area contributed by atoms with Gasteiger partial charge >= 0.3 is 5.76 Å². The largest absolute Gasteiger partial charge is 0.479 e. The summed E-state index contributed by atoms with van der Waals surface area (Å²) in [4.78, 5) is 23.0. The zero-order valence-corrected chi connectivity index (χ0v) is 22.4. The fourth-order valence-corrected chi connectivity index (χ4v) is 3.28. The van der Waals surface area contributed by atoms with Crippen LogP contribution in [0.5, 0.6) is 5.75 Å². The molecule has 11 heteroatoms. The van der Waals surface area contributed by atoms with Crippen molar-refractivity contribution < 1.29 is 13.9 Å². The molecule has 0 atom stereocenters. The van der Waals surface area contributed by atoms with Crippen molar-refractivity contribution >= 4 is 58.0 Å². The topological polar surface area (TPSA) is 86.4 Å². The Balaban J connectivity index is 0.000000283. The Kier molecular flexibility index (Phi) is 10.1. The molecule has 0 spiro atoms. The van der Waals surface area contributed by atoms with Crippen LogP contribution in [-0.4, -0.2) is 22.3 Å². The highest BCUT2D eigenvalue weighted by Crippen LogP contribution is 2.33. The summed E-state index contributed by atoms with van der Waals surface area (Å²) in [7, 11) is 0. The molecule has 0 saturated carbocycles. The van der Waals surface area contributed by atoms with Crippen LogP contribution in [0.4, 0.5) is 5.69 Å². The van der Waals surface area contributed by atoms with E-state index in [4.69, 9.17) is 62.0 Å². The van der Waals surface area contributed by atoms with Crippen LogP contribution in [0, 0.1) is 12.3 Å². The molecule has 1 N–H and O–H groups in total. The maximum absolute atomic E-state index is 12.0. The van der Waals surface area contributed by atoms with E-state index in [1.165, 1.54) is 12.1 Å². The van der Waals surface area contributed by atoms with Crippen LogP contribution in [0.3, 0.4) is 0 Å². The van der Waals surface area contributed by atoms with Crippen LogP contribution in [-0.2, 0) is 10.2 Å². The predicted octanol–water partition coefficient (Wildman–Crippen LogP) is 6.78. The number of carbonyl (C=O) groups excluding carboxylic acids is 1. The number of hydrogen-bond donors (Lipinski definition) is 1. The van der Waals surface area contributed by atoms with Crippen LogP contribution in [0.25, 0.3) is 5.69 Å². The highest BCUT2D eigenvalue weighted by Gasteiger charge is 2.24. The number of ether oxygens (including phenoxy) is 1. The third-order valence-electron chi connectivity index (χ3n) is 4.25. The van der Waals surface area contributed by atoms with Gasteiger partial charge in [-0.3, -0.25) is 4.79 Å². The van der Waals surface area contributed by atoms with E-state index in [9.17, 15) is 9.59 Å². The summed E-state index contributed by atoms with van der Waals surface area (Å²) in [6.07, 6.45) is 5.60. The summed E-state index contributed by atoms with van der Waals surface area (Å²) < 4.78 is 11.6. The number of amides is 1. The minimum absolute atomic E-state index is 0.0432. The van der Waals surface area contributed by atoms with E-state index in [1.54, 1.807) is 25.1 Å². The number of aromatic nitrogens is 2. The quantitative estimate of drug-likeness (QED) is 0.349. The van der Waals surface area contributed by atoms with Crippen LogP contribution in [0.2, 0.25) is 20.1 Å². The second kappa shape index (κ2) is 12.4. The van der Waals surface area contributed by atoms with Crippen molar-refractivity contribution in [3.05, 3.63) is 66.9 Å². The van der Waals surface area contributed by atoms with Crippen molar-refractivity contribution in [2.45, 2.75) is 39.5 Å². The van der Waals surface area contributed by atoms with Gasteiger partial charge in [0.2, 0.25) is 11.8 Å². The lowest BCUT2D eigenvalue weighted by molar-refractivity contribution is -0.115. The number of benzene rings is 2. The first-order valence-corrected chi connectivity index (χ1v) is 11.8. The summed E-state index contributed by atoms with van der Waals surface area (Å²) in [6.45, 7) is 7.48. The molecular weight excluding hydrogens is 536 g/mol.